The standard InChI is InChI=1S/C8H14FN/c1-7(2,3)8(4,9)5-6-10/h5H2,1-4H3. The molecule has 0 aliphatic rings. The maximum absolute atomic E-state index is 13.4. The molecule has 0 aromatic rings. The molecule has 0 rings (SSSR count). The van der Waals surface area contributed by atoms with Gasteiger partial charge in [0.25, 0.3) is 0 Å². The van der Waals surface area contributed by atoms with Crippen LogP contribution in [0.1, 0.15) is 34.1 Å². The lowest BCUT2D eigenvalue weighted by Crippen LogP contribution is -2.34. The quantitative estimate of drug-likeness (QED) is 0.553. The van der Waals surface area contributed by atoms with Gasteiger partial charge in [-0.25, -0.2) is 4.39 Å². The summed E-state index contributed by atoms with van der Waals surface area (Å²) in [6, 6.07) is 1.84. The monoisotopic (exact) mass is 143 g/mol. The van der Waals surface area contributed by atoms with Gasteiger partial charge < -0.3 is 0 Å². The third kappa shape index (κ3) is 1.98. The third-order valence-corrected chi connectivity index (χ3v) is 1.97. The first-order chi connectivity index (χ1) is 4.31. The van der Waals surface area contributed by atoms with Gasteiger partial charge in [-0.1, -0.05) is 20.8 Å². The van der Waals surface area contributed by atoms with Crippen LogP contribution in [0.3, 0.4) is 0 Å². The highest BCUT2D eigenvalue weighted by molar-refractivity contribution is 4.94. The molecule has 58 valence electrons. The Labute approximate surface area is 61.9 Å². The second-order valence-corrected chi connectivity index (χ2v) is 3.78. The molecule has 0 radical (unpaired) electrons. The first-order valence-corrected chi connectivity index (χ1v) is 3.37. The Balaban J connectivity index is 4.28. The van der Waals surface area contributed by atoms with E-state index in [-0.39, 0.29) is 6.42 Å². The third-order valence-electron chi connectivity index (χ3n) is 1.97. The molecule has 0 amide bonds. The van der Waals surface area contributed by atoms with Gasteiger partial charge in [0, 0.05) is 0 Å². The summed E-state index contributed by atoms with van der Waals surface area (Å²) in [7, 11) is 0. The van der Waals surface area contributed by atoms with E-state index in [1.807, 2.05) is 6.07 Å². The van der Waals surface area contributed by atoms with Gasteiger partial charge in [0.15, 0.2) is 0 Å². The van der Waals surface area contributed by atoms with Crippen molar-refractivity contribution in [1.29, 1.82) is 5.26 Å². The van der Waals surface area contributed by atoms with Crippen molar-refractivity contribution in [3.05, 3.63) is 0 Å². The molecule has 0 aliphatic heterocycles. The van der Waals surface area contributed by atoms with Crippen LogP contribution in [0.2, 0.25) is 0 Å². The Hall–Kier alpha value is -0.580. The zero-order chi connectivity index (χ0) is 8.41. The number of hydrogen-bond acceptors (Lipinski definition) is 1. The Morgan fingerprint density at radius 1 is 1.30 bits per heavy atom. The smallest absolute Gasteiger partial charge is 0.126 e. The SMILES string of the molecule is CC(C)(C)C(C)(F)CC#N. The molecule has 0 heterocycles. The topological polar surface area (TPSA) is 23.8 Å². The minimum atomic E-state index is -1.37. The lowest BCUT2D eigenvalue weighted by Gasteiger charge is -2.32. The maximum atomic E-state index is 13.4. The van der Waals surface area contributed by atoms with Crippen LogP contribution in [0, 0.1) is 16.7 Å². The van der Waals surface area contributed by atoms with Crippen LogP contribution in [-0.2, 0) is 0 Å². The van der Waals surface area contributed by atoms with Crippen molar-refractivity contribution in [2.75, 3.05) is 0 Å². The molecule has 0 spiro atoms. The van der Waals surface area contributed by atoms with Gasteiger partial charge in [-0.2, -0.15) is 5.26 Å². The molecule has 10 heavy (non-hydrogen) atoms. The fourth-order valence-electron chi connectivity index (χ4n) is 0.414. The molecule has 0 aliphatic carbocycles. The van der Waals surface area contributed by atoms with E-state index in [0.29, 0.717) is 0 Å². The van der Waals surface area contributed by atoms with Crippen LogP contribution >= 0.6 is 0 Å². The lowest BCUT2D eigenvalue weighted by atomic mass is 9.78. The molecular weight excluding hydrogens is 129 g/mol. The van der Waals surface area contributed by atoms with Gasteiger partial charge in [0.05, 0.1) is 12.5 Å². The summed E-state index contributed by atoms with van der Waals surface area (Å²) in [6.07, 6.45) is -0.0312. The molecule has 0 N–H and O–H groups in total. The fraction of sp³-hybridized carbons (Fsp3) is 0.875. The molecule has 0 saturated carbocycles. The van der Waals surface area contributed by atoms with Crippen LogP contribution < -0.4 is 0 Å². The minimum Gasteiger partial charge on any atom is -0.242 e. The van der Waals surface area contributed by atoms with E-state index in [1.165, 1.54) is 6.92 Å². The van der Waals surface area contributed by atoms with Crippen molar-refractivity contribution in [2.45, 2.75) is 39.8 Å². The first kappa shape index (κ1) is 9.42. The van der Waals surface area contributed by atoms with Gasteiger partial charge in [-0.15, -0.1) is 0 Å². The predicted octanol–water partition coefficient (Wildman–Crippen LogP) is 2.67. The van der Waals surface area contributed by atoms with Crippen molar-refractivity contribution in [1.82, 2.24) is 0 Å². The summed E-state index contributed by atoms with van der Waals surface area (Å²) in [5.41, 5.74) is -1.82. The molecule has 0 bridgehead atoms. The summed E-state index contributed by atoms with van der Waals surface area (Å²) < 4.78 is 13.4. The highest BCUT2D eigenvalue weighted by atomic mass is 19.1. The number of nitriles is 1. The van der Waals surface area contributed by atoms with E-state index in [2.05, 4.69) is 0 Å². The average Bonchev–Trinajstić information content (AvgIpc) is 1.61. The molecule has 1 atom stereocenters. The summed E-state index contributed by atoms with van der Waals surface area (Å²) in [4.78, 5) is 0. The van der Waals surface area contributed by atoms with Gasteiger partial charge in [0.1, 0.15) is 5.67 Å². The van der Waals surface area contributed by atoms with Crippen LogP contribution in [0.5, 0.6) is 0 Å². The lowest BCUT2D eigenvalue weighted by molar-refractivity contribution is 0.0533. The Bertz CT molecular complexity index is 148. The van der Waals surface area contributed by atoms with E-state index < -0.39 is 11.1 Å². The maximum Gasteiger partial charge on any atom is 0.126 e. The highest BCUT2D eigenvalue weighted by Gasteiger charge is 2.37. The number of alkyl halides is 1. The van der Waals surface area contributed by atoms with Crippen molar-refractivity contribution in [3.8, 4) is 6.07 Å². The van der Waals surface area contributed by atoms with Crippen molar-refractivity contribution in [3.63, 3.8) is 0 Å². The van der Waals surface area contributed by atoms with E-state index >= 15 is 0 Å². The fourth-order valence-corrected chi connectivity index (χ4v) is 0.414. The van der Waals surface area contributed by atoms with E-state index in [9.17, 15) is 4.39 Å². The van der Waals surface area contributed by atoms with Gasteiger partial charge in [-0.05, 0) is 12.3 Å². The summed E-state index contributed by atoms with van der Waals surface area (Å²) in [5, 5.41) is 8.28. The minimum absolute atomic E-state index is 0.0312. The van der Waals surface area contributed by atoms with E-state index in [0.717, 1.165) is 0 Å². The Morgan fingerprint density at radius 2 is 1.70 bits per heavy atom. The van der Waals surface area contributed by atoms with Crippen molar-refractivity contribution in [2.24, 2.45) is 5.41 Å². The van der Waals surface area contributed by atoms with Crippen LogP contribution in [0.15, 0.2) is 0 Å². The Morgan fingerprint density at radius 3 is 1.80 bits per heavy atom. The predicted molar refractivity (Wildman–Crippen MR) is 39.2 cm³/mol. The van der Waals surface area contributed by atoms with Crippen LogP contribution in [0.25, 0.3) is 0 Å². The normalized spacial score (nSPS) is 17.6. The molecule has 0 aromatic heterocycles. The molecular formula is C8H14FN. The molecule has 2 heteroatoms. The number of nitrogens with zero attached hydrogens (tertiary/aromatic N) is 1. The summed E-state index contributed by atoms with van der Waals surface area (Å²) in [5.74, 6) is 0. The van der Waals surface area contributed by atoms with E-state index in [1.54, 1.807) is 20.8 Å². The van der Waals surface area contributed by atoms with Crippen molar-refractivity contribution >= 4 is 0 Å². The number of rotatable bonds is 1. The zero-order valence-corrected chi connectivity index (χ0v) is 7.03. The molecule has 1 unspecified atom stereocenters. The number of hydrogen-bond donors (Lipinski definition) is 0. The largest absolute Gasteiger partial charge is 0.242 e. The van der Waals surface area contributed by atoms with Gasteiger partial charge in [0.2, 0.25) is 0 Å². The average molecular weight is 143 g/mol. The first-order valence-electron chi connectivity index (χ1n) is 3.37. The van der Waals surface area contributed by atoms with E-state index in [4.69, 9.17) is 5.26 Å². The second kappa shape index (κ2) is 2.57. The zero-order valence-electron chi connectivity index (χ0n) is 7.03. The van der Waals surface area contributed by atoms with Crippen LogP contribution in [-0.4, -0.2) is 5.67 Å². The van der Waals surface area contributed by atoms with Gasteiger partial charge >= 0.3 is 0 Å². The second-order valence-electron chi connectivity index (χ2n) is 3.78. The molecule has 1 nitrogen and oxygen atoms in total. The molecule has 0 saturated heterocycles. The highest BCUT2D eigenvalue weighted by Crippen LogP contribution is 2.35. The molecule has 0 aromatic carbocycles. The summed E-state index contributed by atoms with van der Waals surface area (Å²) in [6.45, 7) is 6.86. The Kier molecular flexibility index (Phi) is 2.42. The van der Waals surface area contributed by atoms with Gasteiger partial charge in [-0.3, -0.25) is 0 Å². The summed E-state index contributed by atoms with van der Waals surface area (Å²) >= 11 is 0. The molecule has 0 fully saturated rings. The van der Waals surface area contributed by atoms with Crippen molar-refractivity contribution < 1.29 is 4.39 Å². The van der Waals surface area contributed by atoms with Crippen LogP contribution in [0.4, 0.5) is 4.39 Å². The number of halogens is 1.